The molecule has 0 radical (unpaired) electrons. The van der Waals surface area contributed by atoms with Gasteiger partial charge in [-0.25, -0.2) is 0 Å². The van der Waals surface area contributed by atoms with Gasteiger partial charge >= 0.3 is 0 Å². The minimum atomic E-state index is 0.194. The highest BCUT2D eigenvalue weighted by Crippen LogP contribution is 2.28. The molecule has 0 unspecified atom stereocenters. The molecule has 3 nitrogen and oxygen atoms in total. The minimum absolute atomic E-state index is 0.194. The maximum Gasteiger partial charge on any atom is 0.0901 e. The summed E-state index contributed by atoms with van der Waals surface area (Å²) in [5.74, 6) is 0.442. The second-order valence-electron chi connectivity index (χ2n) is 7.30. The van der Waals surface area contributed by atoms with E-state index in [4.69, 9.17) is 0 Å². The molecule has 0 saturated heterocycles. The largest absolute Gasteiger partial charge is 0.394 e. The molecular formula is C20H32N2O. The van der Waals surface area contributed by atoms with Crippen LogP contribution < -0.4 is 0 Å². The molecule has 0 aromatic heterocycles. The Bertz CT molecular complexity index is 575. The van der Waals surface area contributed by atoms with Crippen molar-refractivity contribution in [3.63, 3.8) is 0 Å². The van der Waals surface area contributed by atoms with Crippen LogP contribution in [0, 0.1) is 40.5 Å². The quantitative estimate of drug-likeness (QED) is 0.895. The van der Waals surface area contributed by atoms with E-state index in [9.17, 15) is 5.11 Å². The van der Waals surface area contributed by atoms with Crippen molar-refractivity contribution >= 4 is 0 Å². The maximum absolute atomic E-state index is 9.63. The predicted octanol–water partition coefficient (Wildman–Crippen LogP) is 3.79. The van der Waals surface area contributed by atoms with Crippen molar-refractivity contribution < 1.29 is 5.11 Å². The third kappa shape index (κ3) is 3.40. The van der Waals surface area contributed by atoms with E-state index in [2.05, 4.69) is 70.7 Å². The molecule has 0 fully saturated rings. The summed E-state index contributed by atoms with van der Waals surface area (Å²) in [6.45, 7) is 17.5. The van der Waals surface area contributed by atoms with Crippen molar-refractivity contribution in [3.8, 4) is 0 Å². The summed E-state index contributed by atoms with van der Waals surface area (Å²) in [5, 5.41) is 9.63. The van der Waals surface area contributed by atoms with E-state index < -0.39 is 0 Å². The molecule has 0 amide bonds. The summed E-state index contributed by atoms with van der Waals surface area (Å²) < 4.78 is 0. The average Bonchev–Trinajstić information content (AvgIpc) is 2.96. The van der Waals surface area contributed by atoms with Gasteiger partial charge in [-0.2, -0.15) is 0 Å². The number of benzene rings is 1. The molecular weight excluding hydrogens is 284 g/mol. The second-order valence-corrected chi connectivity index (χ2v) is 7.30. The van der Waals surface area contributed by atoms with Crippen LogP contribution in [0.25, 0.3) is 0 Å². The highest BCUT2D eigenvalue weighted by molar-refractivity contribution is 5.49. The highest BCUT2D eigenvalue weighted by atomic mass is 16.3. The van der Waals surface area contributed by atoms with Gasteiger partial charge in [-0.15, -0.1) is 0 Å². The monoisotopic (exact) mass is 316 g/mol. The van der Waals surface area contributed by atoms with Crippen molar-refractivity contribution in [2.24, 2.45) is 5.92 Å². The summed E-state index contributed by atoms with van der Waals surface area (Å²) in [4.78, 5) is 4.60. The number of hydrogen-bond acceptors (Lipinski definition) is 3. The number of rotatable bonds is 5. The number of aliphatic hydroxyl groups excluding tert-OH is 1. The number of nitrogens with zero attached hydrogens (tertiary/aromatic N) is 2. The molecule has 0 aliphatic carbocycles. The Kier molecular flexibility index (Phi) is 5.41. The lowest BCUT2D eigenvalue weighted by Crippen LogP contribution is -2.39. The van der Waals surface area contributed by atoms with E-state index in [-0.39, 0.29) is 12.6 Å². The van der Waals surface area contributed by atoms with Crippen molar-refractivity contribution in [2.45, 2.75) is 61.1 Å². The number of hydrogen-bond donors (Lipinski definition) is 1. The molecule has 1 atom stereocenters. The lowest BCUT2D eigenvalue weighted by molar-refractivity contribution is 0.109. The van der Waals surface area contributed by atoms with Crippen LogP contribution in [0.5, 0.6) is 0 Å². The topological polar surface area (TPSA) is 26.7 Å². The van der Waals surface area contributed by atoms with Gasteiger partial charge in [0.15, 0.2) is 0 Å². The van der Waals surface area contributed by atoms with Crippen LogP contribution in [-0.4, -0.2) is 34.2 Å². The third-order valence-electron chi connectivity index (χ3n) is 5.71. The van der Waals surface area contributed by atoms with Crippen LogP contribution in [0.2, 0.25) is 0 Å². The van der Waals surface area contributed by atoms with Crippen LogP contribution in [-0.2, 0) is 6.54 Å². The fourth-order valence-electron chi connectivity index (χ4n) is 3.52. The molecule has 2 rings (SSSR count). The van der Waals surface area contributed by atoms with Gasteiger partial charge in [0.2, 0.25) is 0 Å². The van der Waals surface area contributed by atoms with Crippen LogP contribution in [0.1, 0.15) is 47.2 Å². The van der Waals surface area contributed by atoms with Gasteiger partial charge in [0.1, 0.15) is 0 Å². The first-order valence-corrected chi connectivity index (χ1v) is 8.62. The van der Waals surface area contributed by atoms with E-state index in [1.807, 2.05) is 0 Å². The van der Waals surface area contributed by atoms with Gasteiger partial charge < -0.3 is 14.9 Å². The van der Waals surface area contributed by atoms with Crippen LogP contribution in [0.4, 0.5) is 0 Å². The predicted molar refractivity (Wildman–Crippen MR) is 97.2 cm³/mol. The van der Waals surface area contributed by atoms with Gasteiger partial charge in [-0.1, -0.05) is 13.8 Å². The van der Waals surface area contributed by atoms with Crippen LogP contribution >= 0.6 is 0 Å². The SMILES string of the molecule is Cc1c(C)c(C)c(CN2C=CN([C@H](CO)C(C)C)C2)c(C)c1C. The average molecular weight is 316 g/mol. The van der Waals surface area contributed by atoms with Crippen LogP contribution in [0.3, 0.4) is 0 Å². The first-order chi connectivity index (χ1) is 10.8. The third-order valence-corrected chi connectivity index (χ3v) is 5.71. The van der Waals surface area contributed by atoms with E-state index in [0.717, 1.165) is 13.2 Å². The van der Waals surface area contributed by atoms with Crippen LogP contribution in [0.15, 0.2) is 12.4 Å². The van der Waals surface area contributed by atoms with Gasteiger partial charge in [-0.05, 0) is 73.9 Å². The van der Waals surface area contributed by atoms with Crippen molar-refractivity contribution in [3.05, 3.63) is 45.8 Å². The van der Waals surface area contributed by atoms with Crippen molar-refractivity contribution in [2.75, 3.05) is 13.3 Å². The zero-order chi connectivity index (χ0) is 17.3. The summed E-state index contributed by atoms with van der Waals surface area (Å²) in [6.07, 6.45) is 4.29. The van der Waals surface area contributed by atoms with Crippen molar-refractivity contribution in [1.29, 1.82) is 0 Å². The Morgan fingerprint density at radius 2 is 1.43 bits per heavy atom. The van der Waals surface area contributed by atoms with Crippen molar-refractivity contribution in [1.82, 2.24) is 9.80 Å². The fourth-order valence-corrected chi connectivity index (χ4v) is 3.52. The molecule has 1 aliphatic heterocycles. The minimum Gasteiger partial charge on any atom is -0.394 e. The summed E-state index contributed by atoms with van der Waals surface area (Å²) in [5.41, 5.74) is 8.53. The molecule has 3 heteroatoms. The molecule has 0 saturated carbocycles. The summed E-state index contributed by atoms with van der Waals surface area (Å²) in [7, 11) is 0. The molecule has 1 aromatic rings. The zero-order valence-electron chi connectivity index (χ0n) is 15.8. The first-order valence-electron chi connectivity index (χ1n) is 8.62. The van der Waals surface area contributed by atoms with E-state index >= 15 is 0 Å². The number of aliphatic hydroxyl groups is 1. The van der Waals surface area contributed by atoms with E-state index in [0.29, 0.717) is 5.92 Å². The fraction of sp³-hybridized carbons (Fsp3) is 0.600. The lowest BCUT2D eigenvalue weighted by Gasteiger charge is -2.31. The summed E-state index contributed by atoms with van der Waals surface area (Å²) >= 11 is 0. The Hall–Kier alpha value is -1.48. The van der Waals surface area contributed by atoms with Gasteiger partial charge in [-0.3, -0.25) is 0 Å². The standard InChI is InChI=1S/C20H32N2O/c1-13(2)20(11-23)22-9-8-21(12-22)10-19-17(6)15(4)14(3)16(5)18(19)7/h8-9,13,20,23H,10-12H2,1-7H3/t20-/m1/s1. The molecule has 1 heterocycles. The molecule has 1 N–H and O–H groups in total. The van der Waals surface area contributed by atoms with Gasteiger partial charge in [0.25, 0.3) is 0 Å². The Balaban J connectivity index is 2.18. The normalized spacial score (nSPS) is 15.9. The Morgan fingerprint density at radius 1 is 0.913 bits per heavy atom. The second kappa shape index (κ2) is 6.96. The lowest BCUT2D eigenvalue weighted by atomic mass is 9.89. The Labute approximate surface area is 141 Å². The Morgan fingerprint density at radius 3 is 1.91 bits per heavy atom. The smallest absolute Gasteiger partial charge is 0.0901 e. The van der Waals surface area contributed by atoms with Gasteiger partial charge in [0, 0.05) is 18.9 Å². The molecule has 0 spiro atoms. The first kappa shape index (κ1) is 17.9. The molecule has 23 heavy (non-hydrogen) atoms. The zero-order valence-corrected chi connectivity index (χ0v) is 15.8. The molecule has 1 aliphatic rings. The molecule has 1 aromatic carbocycles. The molecule has 128 valence electrons. The molecule has 0 bridgehead atoms. The van der Waals surface area contributed by atoms with Gasteiger partial charge in [0.05, 0.1) is 19.3 Å². The summed E-state index contributed by atoms with van der Waals surface area (Å²) in [6, 6.07) is 0.194. The van der Waals surface area contributed by atoms with E-state index in [1.54, 1.807) is 0 Å². The van der Waals surface area contributed by atoms with E-state index in [1.165, 1.54) is 33.4 Å². The maximum atomic E-state index is 9.63. The highest BCUT2D eigenvalue weighted by Gasteiger charge is 2.24.